The topological polar surface area (TPSA) is 69.8 Å². The van der Waals surface area contributed by atoms with Gasteiger partial charge in [0.05, 0.1) is 11.7 Å². The van der Waals surface area contributed by atoms with Crippen LogP contribution in [0.3, 0.4) is 0 Å². The van der Waals surface area contributed by atoms with Gasteiger partial charge in [0, 0.05) is 12.2 Å². The zero-order chi connectivity index (χ0) is 13.7. The van der Waals surface area contributed by atoms with Crippen molar-refractivity contribution in [2.75, 3.05) is 13.1 Å². The fraction of sp³-hybridized carbons (Fsp3) is 0.714. The summed E-state index contributed by atoms with van der Waals surface area (Å²) in [6.07, 6.45) is 6.68. The average Bonchev–Trinajstić information content (AvgIpc) is 3.04. The standard InChI is InChI=1S/C14H24N4O/c1-3-14(7-5-9-16-14)13(19)15-8-4-6-12-10-17-18-11(12)2/h10,16H,3-9H2,1-2H3,(H,15,19)(H,17,18). The second kappa shape index (κ2) is 6.19. The summed E-state index contributed by atoms with van der Waals surface area (Å²) in [7, 11) is 0. The number of carbonyl (C=O) groups is 1. The molecule has 1 saturated heterocycles. The highest BCUT2D eigenvalue weighted by Gasteiger charge is 2.38. The van der Waals surface area contributed by atoms with Gasteiger partial charge in [0.15, 0.2) is 0 Å². The van der Waals surface area contributed by atoms with Crippen molar-refractivity contribution >= 4 is 5.91 Å². The molecule has 1 aliphatic heterocycles. The molecule has 0 aromatic carbocycles. The van der Waals surface area contributed by atoms with Crippen LogP contribution in [0.5, 0.6) is 0 Å². The summed E-state index contributed by atoms with van der Waals surface area (Å²) >= 11 is 0. The van der Waals surface area contributed by atoms with E-state index in [-0.39, 0.29) is 11.4 Å². The Morgan fingerprint density at radius 1 is 1.58 bits per heavy atom. The molecule has 2 rings (SSSR count). The molecule has 5 nitrogen and oxygen atoms in total. The summed E-state index contributed by atoms with van der Waals surface area (Å²) < 4.78 is 0. The Morgan fingerprint density at radius 2 is 2.42 bits per heavy atom. The first-order valence-electron chi connectivity index (χ1n) is 7.20. The molecule has 19 heavy (non-hydrogen) atoms. The molecule has 0 aliphatic carbocycles. The minimum Gasteiger partial charge on any atom is -0.354 e. The van der Waals surface area contributed by atoms with Crippen molar-refractivity contribution in [2.24, 2.45) is 0 Å². The average molecular weight is 264 g/mol. The predicted octanol–water partition coefficient (Wildman–Crippen LogP) is 1.30. The van der Waals surface area contributed by atoms with Crippen LogP contribution in [0, 0.1) is 6.92 Å². The lowest BCUT2D eigenvalue weighted by molar-refractivity contribution is -0.127. The number of aromatic amines is 1. The molecule has 1 amide bonds. The van der Waals surface area contributed by atoms with Crippen molar-refractivity contribution in [3.05, 3.63) is 17.5 Å². The Labute approximate surface area is 114 Å². The maximum absolute atomic E-state index is 12.2. The summed E-state index contributed by atoms with van der Waals surface area (Å²) in [5, 5.41) is 13.4. The molecule has 3 N–H and O–H groups in total. The van der Waals surface area contributed by atoms with Crippen LogP contribution in [0.25, 0.3) is 0 Å². The SMILES string of the molecule is CCC1(C(=O)NCCCc2cn[nH]c2C)CCCN1. The molecular formula is C14H24N4O. The number of hydrogen-bond acceptors (Lipinski definition) is 3. The van der Waals surface area contributed by atoms with E-state index in [1.807, 2.05) is 13.1 Å². The normalized spacial score (nSPS) is 22.6. The van der Waals surface area contributed by atoms with Gasteiger partial charge in [-0.2, -0.15) is 5.10 Å². The first-order valence-corrected chi connectivity index (χ1v) is 7.20. The van der Waals surface area contributed by atoms with Crippen LogP contribution in [-0.2, 0) is 11.2 Å². The van der Waals surface area contributed by atoms with Crippen LogP contribution in [0.15, 0.2) is 6.20 Å². The molecule has 1 aromatic rings. The zero-order valence-corrected chi connectivity index (χ0v) is 11.9. The first kappa shape index (κ1) is 14.1. The van der Waals surface area contributed by atoms with Crippen LogP contribution in [0.2, 0.25) is 0 Å². The van der Waals surface area contributed by atoms with E-state index in [0.29, 0.717) is 0 Å². The molecule has 1 fully saturated rings. The van der Waals surface area contributed by atoms with E-state index in [9.17, 15) is 4.79 Å². The Balaban J connectivity index is 1.73. The summed E-state index contributed by atoms with van der Waals surface area (Å²) in [5.41, 5.74) is 2.04. The number of H-pyrrole nitrogens is 1. The minimum atomic E-state index is -0.314. The van der Waals surface area contributed by atoms with Crippen molar-refractivity contribution in [1.29, 1.82) is 0 Å². The van der Waals surface area contributed by atoms with E-state index in [1.54, 1.807) is 0 Å². The number of aryl methyl sites for hydroxylation is 2. The third-order valence-corrected chi connectivity index (χ3v) is 4.12. The number of aromatic nitrogens is 2. The van der Waals surface area contributed by atoms with E-state index < -0.39 is 0 Å². The summed E-state index contributed by atoms with van der Waals surface area (Å²) in [6, 6.07) is 0. The van der Waals surface area contributed by atoms with Gasteiger partial charge >= 0.3 is 0 Å². The van der Waals surface area contributed by atoms with E-state index in [4.69, 9.17) is 0 Å². The van der Waals surface area contributed by atoms with E-state index in [2.05, 4.69) is 27.8 Å². The van der Waals surface area contributed by atoms with Gasteiger partial charge in [-0.3, -0.25) is 9.89 Å². The van der Waals surface area contributed by atoms with Crippen LogP contribution in [0.1, 0.15) is 43.9 Å². The van der Waals surface area contributed by atoms with Crippen LogP contribution >= 0.6 is 0 Å². The number of rotatable bonds is 6. The summed E-state index contributed by atoms with van der Waals surface area (Å²) in [5.74, 6) is 0.163. The van der Waals surface area contributed by atoms with Gasteiger partial charge in [-0.05, 0) is 51.1 Å². The molecule has 106 valence electrons. The number of nitrogens with zero attached hydrogens (tertiary/aromatic N) is 1. The van der Waals surface area contributed by atoms with Crippen molar-refractivity contribution < 1.29 is 4.79 Å². The van der Waals surface area contributed by atoms with Crippen LogP contribution in [-0.4, -0.2) is 34.7 Å². The maximum atomic E-state index is 12.2. The molecule has 0 bridgehead atoms. The van der Waals surface area contributed by atoms with Gasteiger partial charge in [0.1, 0.15) is 0 Å². The third kappa shape index (κ3) is 3.15. The van der Waals surface area contributed by atoms with Gasteiger partial charge in [0.2, 0.25) is 5.91 Å². The van der Waals surface area contributed by atoms with Crippen LogP contribution < -0.4 is 10.6 Å². The lowest BCUT2D eigenvalue weighted by Gasteiger charge is -2.26. The van der Waals surface area contributed by atoms with Gasteiger partial charge in [-0.15, -0.1) is 0 Å². The zero-order valence-electron chi connectivity index (χ0n) is 11.9. The Kier molecular flexibility index (Phi) is 4.58. The molecule has 1 atom stereocenters. The lowest BCUT2D eigenvalue weighted by Crippen LogP contribution is -2.53. The maximum Gasteiger partial charge on any atom is 0.240 e. The highest BCUT2D eigenvalue weighted by Crippen LogP contribution is 2.22. The second-order valence-corrected chi connectivity index (χ2v) is 5.35. The molecule has 2 heterocycles. The summed E-state index contributed by atoms with van der Waals surface area (Å²) in [4.78, 5) is 12.2. The smallest absolute Gasteiger partial charge is 0.240 e. The third-order valence-electron chi connectivity index (χ3n) is 4.12. The Hall–Kier alpha value is -1.36. The first-order chi connectivity index (χ1) is 9.18. The molecular weight excluding hydrogens is 240 g/mol. The summed E-state index contributed by atoms with van der Waals surface area (Å²) in [6.45, 7) is 5.78. The highest BCUT2D eigenvalue weighted by molar-refractivity contribution is 5.86. The van der Waals surface area contributed by atoms with Gasteiger partial charge in [0.25, 0.3) is 0 Å². The van der Waals surface area contributed by atoms with Crippen molar-refractivity contribution in [3.63, 3.8) is 0 Å². The number of nitrogens with one attached hydrogen (secondary N) is 3. The molecule has 0 radical (unpaired) electrons. The monoisotopic (exact) mass is 264 g/mol. The molecule has 1 aliphatic rings. The van der Waals surface area contributed by atoms with E-state index in [0.717, 1.165) is 50.9 Å². The molecule has 5 heteroatoms. The van der Waals surface area contributed by atoms with Crippen molar-refractivity contribution in [2.45, 2.75) is 51.5 Å². The number of amides is 1. The molecule has 1 unspecified atom stereocenters. The second-order valence-electron chi connectivity index (χ2n) is 5.35. The molecule has 0 saturated carbocycles. The fourth-order valence-corrected chi connectivity index (χ4v) is 2.74. The minimum absolute atomic E-state index is 0.163. The van der Waals surface area contributed by atoms with Gasteiger partial charge in [-0.1, -0.05) is 6.92 Å². The largest absolute Gasteiger partial charge is 0.354 e. The Morgan fingerprint density at radius 3 is 3.00 bits per heavy atom. The predicted molar refractivity (Wildman–Crippen MR) is 74.9 cm³/mol. The lowest BCUT2D eigenvalue weighted by atomic mass is 9.93. The van der Waals surface area contributed by atoms with Gasteiger partial charge < -0.3 is 10.6 Å². The number of carbonyl (C=O) groups excluding carboxylic acids is 1. The van der Waals surface area contributed by atoms with Gasteiger partial charge in [-0.25, -0.2) is 0 Å². The fourth-order valence-electron chi connectivity index (χ4n) is 2.74. The van der Waals surface area contributed by atoms with Crippen LogP contribution in [0.4, 0.5) is 0 Å². The van der Waals surface area contributed by atoms with Crippen molar-refractivity contribution in [3.8, 4) is 0 Å². The van der Waals surface area contributed by atoms with E-state index in [1.165, 1.54) is 5.56 Å². The highest BCUT2D eigenvalue weighted by atomic mass is 16.2. The molecule has 1 aromatic heterocycles. The van der Waals surface area contributed by atoms with E-state index >= 15 is 0 Å². The van der Waals surface area contributed by atoms with Crippen molar-refractivity contribution in [1.82, 2.24) is 20.8 Å². The quantitative estimate of drug-likeness (QED) is 0.678. The molecule has 0 spiro atoms. The number of hydrogen-bond donors (Lipinski definition) is 3. The Bertz CT molecular complexity index is 421.